The van der Waals surface area contributed by atoms with Crippen molar-refractivity contribution in [1.29, 1.82) is 0 Å². The van der Waals surface area contributed by atoms with Crippen molar-refractivity contribution in [3.63, 3.8) is 0 Å². The summed E-state index contributed by atoms with van der Waals surface area (Å²) in [4.78, 5) is 2.46. The lowest BCUT2D eigenvalue weighted by atomic mass is 10.0. The van der Waals surface area contributed by atoms with Crippen molar-refractivity contribution in [3.05, 3.63) is 68.3 Å². The van der Waals surface area contributed by atoms with E-state index in [-0.39, 0.29) is 6.04 Å². The van der Waals surface area contributed by atoms with Crippen LogP contribution in [0.15, 0.2) is 53.0 Å². The minimum Gasteiger partial charge on any atom is -0.320 e. The van der Waals surface area contributed by atoms with E-state index in [2.05, 4.69) is 71.4 Å². The molecule has 3 rings (SSSR count). The Balaban J connectivity index is 2.06. The molecule has 0 spiro atoms. The zero-order valence-electron chi connectivity index (χ0n) is 10.6. The van der Waals surface area contributed by atoms with E-state index in [0.717, 1.165) is 10.0 Å². The molecular weight excluding hydrogens is 318 g/mol. The fraction of sp³-hybridized carbons (Fsp3) is 0.125. The highest BCUT2D eigenvalue weighted by atomic mass is 79.9. The number of aryl methyl sites for hydroxylation is 1. The molecule has 0 bridgehead atoms. The topological polar surface area (TPSA) is 26.0 Å². The van der Waals surface area contributed by atoms with Gasteiger partial charge in [-0.15, -0.1) is 11.3 Å². The quantitative estimate of drug-likeness (QED) is 0.700. The molecule has 1 heterocycles. The molecule has 3 heteroatoms. The lowest BCUT2D eigenvalue weighted by molar-refractivity contribution is 0.891. The van der Waals surface area contributed by atoms with E-state index in [4.69, 9.17) is 5.73 Å². The summed E-state index contributed by atoms with van der Waals surface area (Å²) >= 11 is 5.35. The van der Waals surface area contributed by atoms with Gasteiger partial charge in [0.25, 0.3) is 0 Å². The van der Waals surface area contributed by atoms with Crippen LogP contribution in [0.1, 0.15) is 21.4 Å². The van der Waals surface area contributed by atoms with Crippen LogP contribution in [0.2, 0.25) is 0 Å². The maximum atomic E-state index is 6.40. The van der Waals surface area contributed by atoms with Gasteiger partial charge in [-0.2, -0.15) is 0 Å². The monoisotopic (exact) mass is 331 g/mol. The summed E-state index contributed by atoms with van der Waals surface area (Å²) in [5.41, 5.74) is 7.56. The lowest BCUT2D eigenvalue weighted by Crippen LogP contribution is -2.10. The molecule has 3 aromatic rings. The van der Waals surface area contributed by atoms with E-state index in [1.165, 1.54) is 20.5 Å². The molecule has 2 N–H and O–H groups in total. The number of hydrogen-bond donors (Lipinski definition) is 1. The maximum absolute atomic E-state index is 6.40. The van der Waals surface area contributed by atoms with Crippen molar-refractivity contribution in [2.45, 2.75) is 13.0 Å². The summed E-state index contributed by atoms with van der Waals surface area (Å²) in [7, 11) is 0. The van der Waals surface area contributed by atoms with Gasteiger partial charge in [0, 0.05) is 14.2 Å². The van der Waals surface area contributed by atoms with Crippen LogP contribution in [0, 0.1) is 6.92 Å². The molecule has 0 fully saturated rings. The van der Waals surface area contributed by atoms with Crippen LogP contribution in [0.5, 0.6) is 0 Å². The van der Waals surface area contributed by atoms with Gasteiger partial charge in [0.15, 0.2) is 0 Å². The summed E-state index contributed by atoms with van der Waals surface area (Å²) in [6, 6.07) is 16.9. The third-order valence-corrected chi connectivity index (χ3v) is 5.30. The second-order valence-electron chi connectivity index (χ2n) is 4.65. The maximum Gasteiger partial charge on any atom is 0.0657 e. The Bertz CT molecular complexity index is 732. The Morgan fingerprint density at radius 1 is 1.05 bits per heavy atom. The number of nitrogens with two attached hydrogens (primary N) is 1. The molecule has 19 heavy (non-hydrogen) atoms. The van der Waals surface area contributed by atoms with Crippen LogP contribution in [-0.4, -0.2) is 0 Å². The first-order valence-electron chi connectivity index (χ1n) is 6.15. The minimum atomic E-state index is -0.0716. The molecule has 0 saturated heterocycles. The molecule has 0 aliphatic rings. The number of halogens is 1. The fourth-order valence-corrected chi connectivity index (χ4v) is 4.19. The van der Waals surface area contributed by atoms with Crippen LogP contribution in [0.25, 0.3) is 10.8 Å². The van der Waals surface area contributed by atoms with Crippen LogP contribution in [0.3, 0.4) is 0 Å². The highest BCUT2D eigenvalue weighted by Crippen LogP contribution is 2.34. The first-order chi connectivity index (χ1) is 9.15. The van der Waals surface area contributed by atoms with E-state index in [9.17, 15) is 0 Å². The largest absolute Gasteiger partial charge is 0.320 e. The summed E-state index contributed by atoms with van der Waals surface area (Å²) in [5.74, 6) is 0. The second kappa shape index (κ2) is 5.08. The molecule has 0 aliphatic carbocycles. The van der Waals surface area contributed by atoms with E-state index in [1.807, 2.05) is 0 Å². The molecule has 2 aromatic carbocycles. The molecule has 0 saturated carbocycles. The first-order valence-corrected chi connectivity index (χ1v) is 7.76. The highest BCUT2D eigenvalue weighted by molar-refractivity contribution is 9.10. The van der Waals surface area contributed by atoms with Crippen molar-refractivity contribution >= 4 is 38.0 Å². The number of rotatable bonds is 2. The van der Waals surface area contributed by atoms with Crippen molar-refractivity contribution in [2.75, 3.05) is 0 Å². The van der Waals surface area contributed by atoms with Gasteiger partial charge in [0.05, 0.1) is 6.04 Å². The van der Waals surface area contributed by atoms with E-state index in [1.54, 1.807) is 11.3 Å². The molecule has 1 aromatic heterocycles. The average Bonchev–Trinajstić information content (AvgIpc) is 2.76. The van der Waals surface area contributed by atoms with E-state index < -0.39 is 0 Å². The molecule has 0 radical (unpaired) electrons. The van der Waals surface area contributed by atoms with Crippen LogP contribution in [-0.2, 0) is 0 Å². The first kappa shape index (κ1) is 12.9. The summed E-state index contributed by atoms with van der Waals surface area (Å²) in [6.07, 6.45) is 0. The van der Waals surface area contributed by atoms with Gasteiger partial charge in [0.1, 0.15) is 0 Å². The number of thiophene rings is 1. The fourth-order valence-electron chi connectivity index (χ4n) is 2.27. The normalized spacial score (nSPS) is 12.8. The number of fused-ring (bicyclic) bond motifs is 1. The standard InChI is InChI=1S/C16H14BrNS/c1-10-8-14(17)16(19-10)15(18)13-7-6-11-4-2-3-5-12(11)9-13/h2-9,15H,18H2,1H3. The van der Waals surface area contributed by atoms with Crippen LogP contribution < -0.4 is 5.73 Å². The van der Waals surface area contributed by atoms with Gasteiger partial charge in [-0.1, -0.05) is 36.4 Å². The smallest absolute Gasteiger partial charge is 0.0657 e. The average molecular weight is 332 g/mol. The molecule has 1 atom stereocenters. The van der Waals surface area contributed by atoms with Gasteiger partial charge in [-0.05, 0) is 51.3 Å². The summed E-state index contributed by atoms with van der Waals surface area (Å²) < 4.78 is 1.11. The predicted molar refractivity (Wildman–Crippen MR) is 86.7 cm³/mol. The molecule has 0 aliphatic heterocycles. The minimum absolute atomic E-state index is 0.0716. The van der Waals surface area contributed by atoms with Crippen molar-refractivity contribution in [3.8, 4) is 0 Å². The molecular formula is C16H14BrNS. The van der Waals surface area contributed by atoms with Crippen molar-refractivity contribution in [2.24, 2.45) is 5.73 Å². The number of benzene rings is 2. The molecule has 96 valence electrons. The van der Waals surface area contributed by atoms with E-state index >= 15 is 0 Å². The van der Waals surface area contributed by atoms with Crippen molar-refractivity contribution in [1.82, 2.24) is 0 Å². The molecule has 1 nitrogen and oxygen atoms in total. The number of hydrogen-bond acceptors (Lipinski definition) is 2. The lowest BCUT2D eigenvalue weighted by Gasteiger charge is -2.12. The van der Waals surface area contributed by atoms with Gasteiger partial charge < -0.3 is 5.73 Å². The Kier molecular flexibility index (Phi) is 3.44. The van der Waals surface area contributed by atoms with Crippen molar-refractivity contribution < 1.29 is 0 Å². The molecule has 0 amide bonds. The van der Waals surface area contributed by atoms with Gasteiger partial charge in [-0.3, -0.25) is 0 Å². The van der Waals surface area contributed by atoms with E-state index in [0.29, 0.717) is 0 Å². The highest BCUT2D eigenvalue weighted by Gasteiger charge is 2.15. The Labute approximate surface area is 125 Å². The van der Waals surface area contributed by atoms with Crippen LogP contribution in [0.4, 0.5) is 0 Å². The Morgan fingerprint density at radius 2 is 1.79 bits per heavy atom. The predicted octanol–water partition coefficient (Wildman–Crippen LogP) is 5.02. The second-order valence-corrected chi connectivity index (χ2v) is 6.80. The third-order valence-electron chi connectivity index (χ3n) is 3.25. The summed E-state index contributed by atoms with van der Waals surface area (Å²) in [5, 5.41) is 2.49. The SMILES string of the molecule is Cc1cc(Br)c(C(N)c2ccc3ccccc3c2)s1. The van der Waals surface area contributed by atoms with Gasteiger partial charge in [-0.25, -0.2) is 0 Å². The zero-order chi connectivity index (χ0) is 13.4. The van der Waals surface area contributed by atoms with Gasteiger partial charge in [0.2, 0.25) is 0 Å². The van der Waals surface area contributed by atoms with Gasteiger partial charge >= 0.3 is 0 Å². The Hall–Kier alpha value is -1.16. The third kappa shape index (κ3) is 2.46. The van der Waals surface area contributed by atoms with Crippen LogP contribution >= 0.6 is 27.3 Å². The zero-order valence-corrected chi connectivity index (χ0v) is 13.0. The Morgan fingerprint density at radius 3 is 2.47 bits per heavy atom. The molecule has 1 unspecified atom stereocenters. The summed E-state index contributed by atoms with van der Waals surface area (Å²) in [6.45, 7) is 2.10.